The molecule has 2 aromatic rings. The number of carboxylic acid groups (broad SMARTS) is 1. The molecule has 1 unspecified atom stereocenters. The van der Waals surface area contributed by atoms with E-state index in [1.54, 1.807) is 64.1 Å². The molecule has 1 aliphatic rings. The average molecular weight is 523 g/mol. The number of aromatic carboxylic acids is 1. The quantitative estimate of drug-likeness (QED) is 0.304. The Hall–Kier alpha value is -3.26. The molecule has 0 radical (unpaired) electrons. The van der Waals surface area contributed by atoms with Crippen LogP contribution in [0.4, 0.5) is 0 Å². The van der Waals surface area contributed by atoms with E-state index in [0.29, 0.717) is 23.1 Å². The third-order valence-electron chi connectivity index (χ3n) is 6.55. The van der Waals surface area contributed by atoms with Crippen molar-refractivity contribution >= 4 is 18.0 Å². The number of carbonyl (C=O) groups excluding carboxylic acids is 1. The van der Waals surface area contributed by atoms with Crippen LogP contribution in [0.2, 0.25) is 0 Å². The molecule has 1 aliphatic heterocycles. The molecule has 5 atom stereocenters. The number of aliphatic hydroxyl groups excluding tert-OH is 1. The lowest BCUT2D eigenvalue weighted by molar-refractivity contribution is -0.152. The SMILES string of the molecule is Cc1cc(C)c(C(=O)O)c(/C=C/C[C@H]2OC(C)(C)O[C@@H]2C(/C=C\[C@@H](C)[C@H](C)O)OC(=O)c2ccccc2)c1. The molecular formula is C31H38O7. The third-order valence-corrected chi connectivity index (χ3v) is 6.55. The maximum absolute atomic E-state index is 13.0. The number of esters is 1. The zero-order valence-corrected chi connectivity index (χ0v) is 22.9. The first-order chi connectivity index (χ1) is 17.9. The molecule has 3 rings (SSSR count). The van der Waals surface area contributed by atoms with E-state index in [1.807, 2.05) is 44.2 Å². The highest BCUT2D eigenvalue weighted by Crippen LogP contribution is 2.34. The maximum atomic E-state index is 13.0. The van der Waals surface area contributed by atoms with Gasteiger partial charge in [0.25, 0.3) is 0 Å². The molecule has 0 saturated carbocycles. The first-order valence-electron chi connectivity index (χ1n) is 12.9. The summed E-state index contributed by atoms with van der Waals surface area (Å²) in [5, 5.41) is 19.7. The Kier molecular flexibility index (Phi) is 9.66. The minimum absolute atomic E-state index is 0.166. The van der Waals surface area contributed by atoms with Gasteiger partial charge in [0.1, 0.15) is 12.2 Å². The zero-order valence-electron chi connectivity index (χ0n) is 22.9. The Balaban J connectivity index is 1.88. The van der Waals surface area contributed by atoms with Crippen LogP contribution in [0.25, 0.3) is 6.08 Å². The summed E-state index contributed by atoms with van der Waals surface area (Å²) in [6.07, 6.45) is 5.15. The monoisotopic (exact) mass is 522 g/mol. The summed E-state index contributed by atoms with van der Waals surface area (Å²) in [6, 6.07) is 12.4. The van der Waals surface area contributed by atoms with Crippen LogP contribution in [0.5, 0.6) is 0 Å². The lowest BCUT2D eigenvalue weighted by Gasteiger charge is -2.25. The zero-order chi connectivity index (χ0) is 28.0. The standard InChI is InChI=1S/C31H38O7/c1-19-17-21(3)27(29(33)34)24(18-19)13-10-14-26-28(38-31(5,6)37-26)25(16-15-20(2)22(4)32)36-30(35)23-11-8-7-9-12-23/h7-13,15-18,20,22,25-26,28,32H,14H2,1-6H3,(H,33,34)/b13-10+,16-15-/t20-,22+,25?,26-,28-/m1/s1. The lowest BCUT2D eigenvalue weighted by Crippen LogP contribution is -2.37. The van der Waals surface area contributed by atoms with Gasteiger partial charge in [0.05, 0.1) is 23.3 Å². The molecule has 2 aromatic carbocycles. The van der Waals surface area contributed by atoms with Gasteiger partial charge in [0, 0.05) is 0 Å². The number of carbonyl (C=O) groups is 2. The molecule has 0 aliphatic carbocycles. The fourth-order valence-electron chi connectivity index (χ4n) is 4.50. The van der Waals surface area contributed by atoms with E-state index in [1.165, 1.54) is 0 Å². The van der Waals surface area contributed by atoms with E-state index in [9.17, 15) is 19.8 Å². The predicted molar refractivity (Wildman–Crippen MR) is 146 cm³/mol. The molecule has 0 spiro atoms. The van der Waals surface area contributed by atoms with Crippen LogP contribution in [-0.2, 0) is 14.2 Å². The van der Waals surface area contributed by atoms with Gasteiger partial charge >= 0.3 is 11.9 Å². The average Bonchev–Trinajstić information content (AvgIpc) is 3.15. The molecule has 7 heteroatoms. The minimum atomic E-state index is -0.980. The van der Waals surface area contributed by atoms with Crippen LogP contribution in [0, 0.1) is 19.8 Å². The highest BCUT2D eigenvalue weighted by Gasteiger charge is 2.45. The van der Waals surface area contributed by atoms with Gasteiger partial charge in [-0.25, -0.2) is 9.59 Å². The van der Waals surface area contributed by atoms with Gasteiger partial charge in [-0.1, -0.05) is 61.0 Å². The fraction of sp³-hybridized carbons (Fsp3) is 0.419. The topological polar surface area (TPSA) is 102 Å². The number of hydrogen-bond acceptors (Lipinski definition) is 6. The number of ether oxygens (including phenoxy) is 3. The van der Waals surface area contributed by atoms with Crippen LogP contribution < -0.4 is 0 Å². The van der Waals surface area contributed by atoms with Crippen molar-refractivity contribution in [3.63, 3.8) is 0 Å². The highest BCUT2D eigenvalue weighted by atomic mass is 16.8. The van der Waals surface area contributed by atoms with E-state index >= 15 is 0 Å². The van der Waals surface area contributed by atoms with E-state index in [4.69, 9.17) is 14.2 Å². The van der Waals surface area contributed by atoms with E-state index in [0.717, 1.165) is 5.56 Å². The number of rotatable bonds is 10. The summed E-state index contributed by atoms with van der Waals surface area (Å²) < 4.78 is 18.3. The molecule has 1 fully saturated rings. The van der Waals surface area contributed by atoms with Crippen LogP contribution >= 0.6 is 0 Å². The van der Waals surface area contributed by atoms with Gasteiger partial charge in [0.2, 0.25) is 0 Å². The van der Waals surface area contributed by atoms with Crippen LogP contribution in [0.15, 0.2) is 60.7 Å². The molecule has 38 heavy (non-hydrogen) atoms. The van der Waals surface area contributed by atoms with E-state index in [-0.39, 0.29) is 11.5 Å². The first kappa shape index (κ1) is 29.3. The Morgan fingerprint density at radius 1 is 1.08 bits per heavy atom. The Labute approximate surface area is 224 Å². The van der Waals surface area contributed by atoms with Crippen molar-refractivity contribution in [1.82, 2.24) is 0 Å². The summed E-state index contributed by atoms with van der Waals surface area (Å²) in [6.45, 7) is 10.9. The second-order valence-corrected chi connectivity index (χ2v) is 10.3. The number of aliphatic hydroxyl groups is 1. The summed E-state index contributed by atoms with van der Waals surface area (Å²) in [4.78, 5) is 24.8. The lowest BCUT2D eigenvalue weighted by atomic mass is 9.97. The largest absolute Gasteiger partial charge is 0.478 e. The molecule has 204 valence electrons. The van der Waals surface area contributed by atoms with Crippen molar-refractivity contribution < 1.29 is 34.0 Å². The number of benzene rings is 2. The van der Waals surface area contributed by atoms with E-state index < -0.39 is 42.1 Å². The summed E-state index contributed by atoms with van der Waals surface area (Å²) >= 11 is 0. The smallest absolute Gasteiger partial charge is 0.338 e. The molecule has 1 saturated heterocycles. The number of carboxylic acids is 1. The molecule has 0 amide bonds. The fourth-order valence-corrected chi connectivity index (χ4v) is 4.50. The van der Waals surface area contributed by atoms with E-state index in [2.05, 4.69) is 0 Å². The van der Waals surface area contributed by atoms with Crippen LogP contribution in [0.1, 0.15) is 71.5 Å². The van der Waals surface area contributed by atoms with Gasteiger partial charge in [-0.3, -0.25) is 0 Å². The summed E-state index contributed by atoms with van der Waals surface area (Å²) in [5.41, 5.74) is 2.96. The molecule has 1 heterocycles. The van der Waals surface area contributed by atoms with Crippen LogP contribution in [-0.4, -0.2) is 52.4 Å². The Morgan fingerprint density at radius 3 is 2.39 bits per heavy atom. The Bertz CT molecular complexity index is 1180. The second kappa shape index (κ2) is 12.5. The Morgan fingerprint density at radius 2 is 1.76 bits per heavy atom. The van der Waals surface area contributed by atoms with Crippen molar-refractivity contribution in [3.8, 4) is 0 Å². The number of hydrogen-bond donors (Lipinski definition) is 2. The second-order valence-electron chi connectivity index (χ2n) is 10.3. The van der Waals surface area contributed by atoms with Crippen LogP contribution in [0.3, 0.4) is 0 Å². The van der Waals surface area contributed by atoms with Gasteiger partial charge in [-0.15, -0.1) is 0 Å². The summed E-state index contributed by atoms with van der Waals surface area (Å²) in [5.74, 6) is -2.56. The molecule has 7 nitrogen and oxygen atoms in total. The van der Waals surface area contributed by atoms with Gasteiger partial charge in [0.15, 0.2) is 5.79 Å². The molecule has 2 N–H and O–H groups in total. The first-order valence-corrected chi connectivity index (χ1v) is 12.9. The third kappa shape index (κ3) is 7.63. The highest BCUT2D eigenvalue weighted by molar-refractivity contribution is 5.94. The summed E-state index contributed by atoms with van der Waals surface area (Å²) in [7, 11) is 0. The van der Waals surface area contributed by atoms with Gasteiger partial charge in [-0.05, 0) is 76.3 Å². The van der Waals surface area contributed by atoms with Gasteiger partial charge in [-0.2, -0.15) is 0 Å². The minimum Gasteiger partial charge on any atom is -0.478 e. The van der Waals surface area contributed by atoms with Crippen molar-refractivity contribution in [2.45, 2.75) is 78.2 Å². The molecule has 0 aromatic heterocycles. The normalized spacial score (nSPS) is 21.4. The van der Waals surface area contributed by atoms with Crippen molar-refractivity contribution in [1.29, 1.82) is 0 Å². The predicted octanol–water partition coefficient (Wildman–Crippen LogP) is 5.72. The molecule has 0 bridgehead atoms. The van der Waals surface area contributed by atoms with Crippen molar-refractivity contribution in [2.24, 2.45) is 5.92 Å². The van der Waals surface area contributed by atoms with Crippen molar-refractivity contribution in [2.75, 3.05) is 0 Å². The maximum Gasteiger partial charge on any atom is 0.338 e. The molecular weight excluding hydrogens is 484 g/mol. The number of aryl methyl sites for hydroxylation is 2. The van der Waals surface area contributed by atoms with Gasteiger partial charge < -0.3 is 24.4 Å². The van der Waals surface area contributed by atoms with Crippen molar-refractivity contribution in [3.05, 3.63) is 88.5 Å².